The van der Waals surface area contributed by atoms with Crippen LogP contribution in [0.3, 0.4) is 0 Å². The summed E-state index contributed by atoms with van der Waals surface area (Å²) in [5.74, 6) is 2.31. The quantitative estimate of drug-likeness (QED) is 0.566. The molecule has 0 spiro atoms. The lowest BCUT2D eigenvalue weighted by molar-refractivity contribution is -0.126. The molecule has 2 aliphatic rings. The SMILES string of the molecule is CCc1cnc(N2CCC(COc3ccc(C4=CCC(C(=O)NC(C)CO)CC4)cc3)CC2)nc1. The second kappa shape index (κ2) is 12.2. The predicted molar refractivity (Wildman–Crippen MR) is 138 cm³/mol. The minimum atomic E-state index is -0.195. The number of aromatic nitrogens is 2. The number of nitrogens with zero attached hydrogens (tertiary/aromatic N) is 3. The maximum Gasteiger partial charge on any atom is 0.225 e. The van der Waals surface area contributed by atoms with Crippen LogP contribution < -0.4 is 15.0 Å². The predicted octanol–water partition coefficient (Wildman–Crippen LogP) is 4.01. The summed E-state index contributed by atoms with van der Waals surface area (Å²) in [5.41, 5.74) is 3.66. The van der Waals surface area contributed by atoms with Gasteiger partial charge in [-0.3, -0.25) is 4.79 Å². The number of allylic oxidation sites excluding steroid dienone is 2. The number of hydrogen-bond acceptors (Lipinski definition) is 6. The molecule has 2 aromatic rings. The van der Waals surface area contributed by atoms with Crippen molar-refractivity contribution in [3.8, 4) is 5.75 Å². The van der Waals surface area contributed by atoms with Crippen LogP contribution in [0.2, 0.25) is 0 Å². The molecule has 0 bridgehead atoms. The lowest BCUT2D eigenvalue weighted by Gasteiger charge is -2.31. The molecule has 0 saturated carbocycles. The molecule has 2 N–H and O–H groups in total. The molecule has 0 radical (unpaired) electrons. The van der Waals surface area contributed by atoms with Crippen molar-refractivity contribution >= 4 is 17.4 Å². The van der Waals surface area contributed by atoms with Gasteiger partial charge in [-0.25, -0.2) is 9.97 Å². The zero-order valence-corrected chi connectivity index (χ0v) is 20.9. The standard InChI is InChI=1S/C28H38N4O3/c1-3-21-16-29-28(30-17-21)32-14-12-22(13-15-32)19-35-26-10-8-24(9-11-26)23-4-6-25(7-5-23)27(34)31-20(2)18-33/h4,8-11,16-17,20,22,25,33H,3,5-7,12-15,18-19H2,1-2H3,(H,31,34). The Kier molecular flexibility index (Phi) is 8.74. The number of anilines is 1. The van der Waals surface area contributed by atoms with Crippen molar-refractivity contribution in [1.82, 2.24) is 15.3 Å². The van der Waals surface area contributed by atoms with E-state index in [2.05, 4.69) is 57.4 Å². The molecule has 1 aromatic carbocycles. The second-order valence-electron chi connectivity index (χ2n) is 9.80. The van der Waals surface area contributed by atoms with Crippen LogP contribution in [0.15, 0.2) is 42.7 Å². The Balaban J connectivity index is 1.21. The highest BCUT2D eigenvalue weighted by Crippen LogP contribution is 2.31. The first-order chi connectivity index (χ1) is 17.1. The zero-order chi connectivity index (χ0) is 24.6. The first-order valence-electron chi connectivity index (χ1n) is 12.9. The van der Waals surface area contributed by atoms with Gasteiger partial charge in [-0.15, -0.1) is 0 Å². The summed E-state index contributed by atoms with van der Waals surface area (Å²) in [6, 6.07) is 8.15. The van der Waals surface area contributed by atoms with E-state index < -0.39 is 0 Å². The monoisotopic (exact) mass is 478 g/mol. The number of aliphatic hydroxyl groups excluding tert-OH is 1. The molecule has 1 aliphatic heterocycles. The Morgan fingerprint density at radius 3 is 2.49 bits per heavy atom. The van der Waals surface area contributed by atoms with E-state index in [1.807, 2.05) is 19.3 Å². The topological polar surface area (TPSA) is 87.6 Å². The first kappa shape index (κ1) is 25.2. The van der Waals surface area contributed by atoms with Crippen LogP contribution in [0.1, 0.15) is 57.1 Å². The van der Waals surface area contributed by atoms with Gasteiger partial charge in [0.25, 0.3) is 0 Å². The average molecular weight is 479 g/mol. The number of carbonyl (C=O) groups is 1. The average Bonchev–Trinajstić information content (AvgIpc) is 2.92. The number of piperidine rings is 1. The first-order valence-corrected chi connectivity index (χ1v) is 12.9. The number of ether oxygens (including phenoxy) is 1. The third-order valence-corrected chi connectivity index (χ3v) is 7.15. The van der Waals surface area contributed by atoms with Gasteiger partial charge in [0.15, 0.2) is 0 Å². The van der Waals surface area contributed by atoms with Crippen LogP contribution in [0.25, 0.3) is 5.57 Å². The van der Waals surface area contributed by atoms with E-state index in [0.29, 0.717) is 5.92 Å². The molecule has 35 heavy (non-hydrogen) atoms. The summed E-state index contributed by atoms with van der Waals surface area (Å²) < 4.78 is 6.11. The molecule has 188 valence electrons. The van der Waals surface area contributed by atoms with Crippen molar-refractivity contribution < 1.29 is 14.6 Å². The van der Waals surface area contributed by atoms with Crippen molar-refractivity contribution in [3.05, 3.63) is 53.9 Å². The Morgan fingerprint density at radius 2 is 1.89 bits per heavy atom. The lowest BCUT2D eigenvalue weighted by atomic mass is 9.86. The van der Waals surface area contributed by atoms with E-state index >= 15 is 0 Å². The minimum Gasteiger partial charge on any atom is -0.493 e. The fraction of sp³-hybridized carbons (Fsp3) is 0.536. The van der Waals surface area contributed by atoms with Crippen LogP contribution in [0.4, 0.5) is 5.95 Å². The molecule has 1 saturated heterocycles. The summed E-state index contributed by atoms with van der Waals surface area (Å²) in [6.07, 6.45) is 11.6. The number of benzene rings is 1. The summed E-state index contributed by atoms with van der Waals surface area (Å²) in [7, 11) is 0. The molecule has 1 aromatic heterocycles. The van der Waals surface area contributed by atoms with E-state index in [4.69, 9.17) is 9.84 Å². The van der Waals surface area contributed by atoms with E-state index in [1.54, 1.807) is 0 Å². The number of aryl methyl sites for hydroxylation is 1. The van der Waals surface area contributed by atoms with Gasteiger partial charge in [0.2, 0.25) is 11.9 Å². The van der Waals surface area contributed by atoms with Gasteiger partial charge in [-0.2, -0.15) is 0 Å². The number of nitrogens with one attached hydrogen (secondary N) is 1. The molecular formula is C28H38N4O3. The Hall–Kier alpha value is -2.93. The normalized spacial score (nSPS) is 19.7. The highest BCUT2D eigenvalue weighted by Gasteiger charge is 2.24. The molecule has 2 unspecified atom stereocenters. The fourth-order valence-electron chi connectivity index (χ4n) is 4.71. The molecule has 4 rings (SSSR count). The van der Waals surface area contributed by atoms with E-state index in [-0.39, 0.29) is 24.5 Å². The molecule has 2 atom stereocenters. The summed E-state index contributed by atoms with van der Waals surface area (Å²) in [4.78, 5) is 23.6. The Bertz CT molecular complexity index is 982. The third kappa shape index (κ3) is 6.82. The maximum atomic E-state index is 12.3. The van der Waals surface area contributed by atoms with Crippen LogP contribution >= 0.6 is 0 Å². The number of aliphatic hydroxyl groups is 1. The summed E-state index contributed by atoms with van der Waals surface area (Å²) >= 11 is 0. The van der Waals surface area contributed by atoms with E-state index in [0.717, 1.165) is 69.9 Å². The van der Waals surface area contributed by atoms with Gasteiger partial charge in [-0.1, -0.05) is 25.1 Å². The molecule has 2 heterocycles. The lowest BCUT2D eigenvalue weighted by Crippen LogP contribution is -2.39. The Morgan fingerprint density at radius 1 is 1.17 bits per heavy atom. The molecule has 7 heteroatoms. The minimum absolute atomic E-state index is 0.0101. The van der Waals surface area contributed by atoms with E-state index in [1.165, 1.54) is 16.7 Å². The summed E-state index contributed by atoms with van der Waals surface area (Å²) in [6.45, 7) is 6.55. The van der Waals surface area contributed by atoms with Crippen molar-refractivity contribution in [2.45, 2.75) is 58.4 Å². The van der Waals surface area contributed by atoms with Crippen LogP contribution in [-0.2, 0) is 11.2 Å². The van der Waals surface area contributed by atoms with Crippen molar-refractivity contribution in [1.29, 1.82) is 0 Å². The number of carbonyl (C=O) groups excluding carboxylic acids is 1. The Labute approximate surface area is 208 Å². The highest BCUT2D eigenvalue weighted by molar-refractivity contribution is 5.80. The summed E-state index contributed by atoms with van der Waals surface area (Å²) in [5, 5.41) is 12.0. The smallest absolute Gasteiger partial charge is 0.225 e. The van der Waals surface area contributed by atoms with Gasteiger partial charge in [0.05, 0.1) is 13.2 Å². The zero-order valence-electron chi connectivity index (χ0n) is 20.9. The maximum absolute atomic E-state index is 12.3. The van der Waals surface area contributed by atoms with Crippen LogP contribution in [0, 0.1) is 11.8 Å². The van der Waals surface area contributed by atoms with E-state index in [9.17, 15) is 4.79 Å². The van der Waals surface area contributed by atoms with Gasteiger partial charge >= 0.3 is 0 Å². The fourth-order valence-corrected chi connectivity index (χ4v) is 4.71. The molecule has 7 nitrogen and oxygen atoms in total. The number of amides is 1. The highest BCUT2D eigenvalue weighted by atomic mass is 16.5. The van der Waals surface area contributed by atoms with Crippen molar-refractivity contribution in [3.63, 3.8) is 0 Å². The van der Waals surface area contributed by atoms with Gasteiger partial charge < -0.3 is 20.1 Å². The van der Waals surface area contributed by atoms with Gasteiger partial charge in [0, 0.05) is 37.4 Å². The molecule has 1 amide bonds. The molecule has 1 aliphatic carbocycles. The third-order valence-electron chi connectivity index (χ3n) is 7.15. The largest absolute Gasteiger partial charge is 0.493 e. The van der Waals surface area contributed by atoms with Crippen LogP contribution in [0.5, 0.6) is 5.75 Å². The van der Waals surface area contributed by atoms with Crippen molar-refractivity contribution in [2.75, 3.05) is 31.2 Å². The van der Waals surface area contributed by atoms with Gasteiger partial charge in [0.1, 0.15) is 5.75 Å². The molecular weight excluding hydrogens is 440 g/mol. The molecule has 1 fully saturated rings. The van der Waals surface area contributed by atoms with Gasteiger partial charge in [-0.05, 0) is 80.2 Å². The van der Waals surface area contributed by atoms with Crippen molar-refractivity contribution in [2.24, 2.45) is 11.8 Å². The number of rotatable bonds is 9. The second-order valence-corrected chi connectivity index (χ2v) is 9.80. The number of hydrogen-bond donors (Lipinski definition) is 2. The van der Waals surface area contributed by atoms with Crippen LogP contribution in [-0.4, -0.2) is 53.3 Å².